The Kier molecular flexibility index (Phi) is 6.29. The summed E-state index contributed by atoms with van der Waals surface area (Å²) >= 11 is 11.8. The molecule has 0 aliphatic heterocycles. The van der Waals surface area contributed by atoms with Gasteiger partial charge in [0.25, 0.3) is 0 Å². The second-order valence-electron chi connectivity index (χ2n) is 5.34. The minimum absolute atomic E-state index is 0.364. The number of para-hydroxylation sites is 1. The third-order valence-corrected chi connectivity index (χ3v) is 5.47. The minimum atomic E-state index is -3.84. The maximum atomic E-state index is 12.6. The SMILES string of the molecule is CN(C)S(=O)(=O)N(CC(=O)Nc1cc(Cl)cc(Cl)c1)c1ccccc1. The van der Waals surface area contributed by atoms with Crippen molar-refractivity contribution in [2.45, 2.75) is 0 Å². The van der Waals surface area contributed by atoms with Gasteiger partial charge in [0.05, 0.1) is 5.69 Å². The lowest BCUT2D eigenvalue weighted by atomic mass is 10.3. The highest BCUT2D eigenvalue weighted by molar-refractivity contribution is 7.90. The topological polar surface area (TPSA) is 69.7 Å². The fourth-order valence-electron chi connectivity index (χ4n) is 2.05. The number of hydrogen-bond acceptors (Lipinski definition) is 3. The minimum Gasteiger partial charge on any atom is -0.324 e. The van der Waals surface area contributed by atoms with Gasteiger partial charge in [0, 0.05) is 29.8 Å². The Hall–Kier alpha value is -1.80. The molecule has 134 valence electrons. The van der Waals surface area contributed by atoms with Crippen molar-refractivity contribution in [3.05, 3.63) is 58.6 Å². The van der Waals surface area contributed by atoms with Crippen LogP contribution in [0.25, 0.3) is 0 Å². The molecule has 6 nitrogen and oxygen atoms in total. The number of nitrogens with one attached hydrogen (secondary N) is 1. The van der Waals surface area contributed by atoms with Gasteiger partial charge in [-0.2, -0.15) is 12.7 Å². The Balaban J connectivity index is 2.26. The van der Waals surface area contributed by atoms with Crippen LogP contribution in [0.2, 0.25) is 10.0 Å². The Labute approximate surface area is 157 Å². The van der Waals surface area contributed by atoms with Gasteiger partial charge in [0.15, 0.2) is 0 Å². The predicted molar refractivity (Wildman–Crippen MR) is 101 cm³/mol. The van der Waals surface area contributed by atoms with Crippen LogP contribution in [0.15, 0.2) is 48.5 Å². The third-order valence-electron chi connectivity index (χ3n) is 3.22. The molecule has 0 saturated heterocycles. The summed E-state index contributed by atoms with van der Waals surface area (Å²) in [5.74, 6) is -0.521. The summed E-state index contributed by atoms with van der Waals surface area (Å²) in [7, 11) is -1.04. The average Bonchev–Trinajstić information content (AvgIpc) is 2.52. The molecule has 0 saturated carbocycles. The molecule has 0 aliphatic carbocycles. The molecule has 0 fully saturated rings. The highest BCUT2D eigenvalue weighted by atomic mass is 35.5. The Bertz CT molecular complexity index is 838. The fourth-order valence-corrected chi connectivity index (χ4v) is 3.64. The lowest BCUT2D eigenvalue weighted by Gasteiger charge is -2.26. The largest absolute Gasteiger partial charge is 0.324 e. The van der Waals surface area contributed by atoms with E-state index in [9.17, 15) is 13.2 Å². The number of halogens is 2. The van der Waals surface area contributed by atoms with Crippen LogP contribution in [-0.2, 0) is 15.0 Å². The first-order valence-corrected chi connectivity index (χ1v) is 9.36. The van der Waals surface area contributed by atoms with E-state index in [0.29, 0.717) is 21.4 Å². The van der Waals surface area contributed by atoms with Crippen molar-refractivity contribution in [2.75, 3.05) is 30.3 Å². The van der Waals surface area contributed by atoms with Crippen LogP contribution in [0.1, 0.15) is 0 Å². The van der Waals surface area contributed by atoms with E-state index in [1.165, 1.54) is 32.3 Å². The molecule has 9 heteroatoms. The standard InChI is InChI=1S/C16H17Cl2N3O3S/c1-20(2)25(23,24)21(15-6-4-3-5-7-15)11-16(22)19-14-9-12(17)8-13(18)10-14/h3-10H,11H2,1-2H3,(H,19,22). The first-order valence-electron chi connectivity index (χ1n) is 7.21. The second kappa shape index (κ2) is 8.05. The molecule has 0 radical (unpaired) electrons. The maximum Gasteiger partial charge on any atom is 0.304 e. The molecule has 0 aliphatic rings. The number of carbonyl (C=O) groups excluding carboxylic acids is 1. The quantitative estimate of drug-likeness (QED) is 0.807. The van der Waals surface area contributed by atoms with Crippen molar-refractivity contribution in [2.24, 2.45) is 0 Å². The van der Waals surface area contributed by atoms with Gasteiger partial charge in [0.1, 0.15) is 6.54 Å². The van der Waals surface area contributed by atoms with Gasteiger partial charge in [0.2, 0.25) is 5.91 Å². The highest BCUT2D eigenvalue weighted by Crippen LogP contribution is 2.23. The molecule has 2 aromatic rings. The molecule has 1 amide bonds. The number of amides is 1. The summed E-state index contributed by atoms with van der Waals surface area (Å²) in [4.78, 5) is 12.4. The van der Waals surface area contributed by atoms with Crippen molar-refractivity contribution in [3.8, 4) is 0 Å². The first kappa shape index (κ1) is 19.5. The van der Waals surface area contributed by atoms with Crippen LogP contribution in [0.5, 0.6) is 0 Å². The van der Waals surface area contributed by atoms with Crippen LogP contribution < -0.4 is 9.62 Å². The molecule has 1 N–H and O–H groups in total. The molecular weight excluding hydrogens is 385 g/mol. The molecule has 0 unspecified atom stereocenters. The zero-order valence-electron chi connectivity index (χ0n) is 13.6. The molecule has 0 bridgehead atoms. The van der Waals surface area contributed by atoms with Gasteiger partial charge in [-0.1, -0.05) is 41.4 Å². The lowest BCUT2D eigenvalue weighted by molar-refractivity contribution is -0.114. The predicted octanol–water partition coefficient (Wildman–Crippen LogP) is 3.24. The summed E-state index contributed by atoms with van der Waals surface area (Å²) in [5.41, 5.74) is 0.772. The molecule has 2 aromatic carbocycles. The smallest absolute Gasteiger partial charge is 0.304 e. The monoisotopic (exact) mass is 401 g/mol. The molecule has 2 rings (SSSR count). The maximum absolute atomic E-state index is 12.6. The van der Waals surface area contributed by atoms with E-state index >= 15 is 0 Å². The number of hydrogen-bond donors (Lipinski definition) is 1. The van der Waals surface area contributed by atoms with E-state index in [-0.39, 0.29) is 0 Å². The molecule has 0 aromatic heterocycles. The van der Waals surface area contributed by atoms with E-state index in [1.807, 2.05) is 0 Å². The van der Waals surface area contributed by atoms with Gasteiger partial charge in [-0.15, -0.1) is 0 Å². The van der Waals surface area contributed by atoms with Crippen LogP contribution in [0.3, 0.4) is 0 Å². The number of benzene rings is 2. The fraction of sp³-hybridized carbons (Fsp3) is 0.188. The number of nitrogens with zero attached hydrogens (tertiary/aromatic N) is 2. The summed E-state index contributed by atoms with van der Waals surface area (Å²) in [6, 6.07) is 13.0. The molecule has 0 atom stereocenters. The summed E-state index contributed by atoms with van der Waals surface area (Å²) in [5, 5.41) is 3.33. The van der Waals surface area contributed by atoms with Crippen molar-refractivity contribution in [1.82, 2.24) is 4.31 Å². The van der Waals surface area contributed by atoms with E-state index < -0.39 is 22.7 Å². The zero-order valence-corrected chi connectivity index (χ0v) is 15.9. The van der Waals surface area contributed by atoms with Gasteiger partial charge < -0.3 is 5.32 Å². The van der Waals surface area contributed by atoms with E-state index in [2.05, 4.69) is 5.32 Å². The zero-order chi connectivity index (χ0) is 18.6. The van der Waals surface area contributed by atoms with Crippen LogP contribution in [0, 0.1) is 0 Å². The van der Waals surface area contributed by atoms with Gasteiger partial charge in [-0.05, 0) is 30.3 Å². The van der Waals surface area contributed by atoms with Gasteiger partial charge >= 0.3 is 10.2 Å². The summed E-state index contributed by atoms with van der Waals surface area (Å²) < 4.78 is 27.2. The van der Waals surface area contributed by atoms with Gasteiger partial charge in [-0.25, -0.2) is 4.31 Å². The third kappa shape index (κ3) is 5.09. The molecular formula is C16H17Cl2N3O3S. The Morgan fingerprint density at radius 2 is 1.60 bits per heavy atom. The highest BCUT2D eigenvalue weighted by Gasteiger charge is 2.27. The molecule has 25 heavy (non-hydrogen) atoms. The Morgan fingerprint density at radius 3 is 2.12 bits per heavy atom. The number of anilines is 2. The van der Waals surface area contributed by atoms with Crippen molar-refractivity contribution < 1.29 is 13.2 Å². The Morgan fingerprint density at radius 1 is 1.04 bits per heavy atom. The van der Waals surface area contributed by atoms with E-state index in [4.69, 9.17) is 23.2 Å². The van der Waals surface area contributed by atoms with Crippen LogP contribution in [0.4, 0.5) is 11.4 Å². The second-order valence-corrected chi connectivity index (χ2v) is 8.28. The van der Waals surface area contributed by atoms with Gasteiger partial charge in [-0.3, -0.25) is 4.79 Å². The lowest BCUT2D eigenvalue weighted by Crippen LogP contribution is -2.44. The van der Waals surface area contributed by atoms with Crippen molar-refractivity contribution in [1.29, 1.82) is 0 Å². The molecule has 0 spiro atoms. The molecule has 0 heterocycles. The normalized spacial score (nSPS) is 11.4. The van der Waals surface area contributed by atoms with Crippen molar-refractivity contribution >= 4 is 50.7 Å². The van der Waals surface area contributed by atoms with Crippen LogP contribution >= 0.6 is 23.2 Å². The van der Waals surface area contributed by atoms with Crippen LogP contribution in [-0.4, -0.2) is 39.3 Å². The average molecular weight is 402 g/mol. The summed E-state index contributed by atoms with van der Waals surface area (Å²) in [6.07, 6.45) is 0. The van der Waals surface area contributed by atoms with E-state index in [0.717, 1.165) is 8.61 Å². The summed E-state index contributed by atoms with van der Waals surface area (Å²) in [6.45, 7) is -0.394. The number of carbonyl (C=O) groups is 1. The van der Waals surface area contributed by atoms with Crippen molar-refractivity contribution in [3.63, 3.8) is 0 Å². The number of rotatable bonds is 6. The van der Waals surface area contributed by atoms with E-state index in [1.54, 1.807) is 30.3 Å². The first-order chi connectivity index (χ1) is 11.7.